The number of amides is 1. The Bertz CT molecular complexity index is 1360. The van der Waals surface area contributed by atoms with Crippen molar-refractivity contribution >= 4 is 74.0 Å². The van der Waals surface area contributed by atoms with Crippen LogP contribution in [0, 0.1) is 0 Å². The zero-order valence-electron chi connectivity index (χ0n) is 17.9. The van der Waals surface area contributed by atoms with Gasteiger partial charge in [0.2, 0.25) is 0 Å². The summed E-state index contributed by atoms with van der Waals surface area (Å²) in [5.41, 5.74) is 1.18. The van der Waals surface area contributed by atoms with Gasteiger partial charge in [0.1, 0.15) is 12.3 Å². The van der Waals surface area contributed by atoms with Crippen LogP contribution < -0.4 is 15.0 Å². The van der Waals surface area contributed by atoms with Crippen molar-refractivity contribution in [2.45, 2.75) is 13.0 Å². The smallest absolute Gasteiger partial charge is 0.387 e. The van der Waals surface area contributed by atoms with Crippen molar-refractivity contribution in [1.82, 2.24) is 4.98 Å². The van der Waals surface area contributed by atoms with Gasteiger partial charge >= 0.3 is 6.61 Å². The van der Waals surface area contributed by atoms with E-state index in [9.17, 15) is 18.7 Å². The lowest BCUT2D eigenvalue weighted by Crippen LogP contribution is -2.25. The molecule has 0 aliphatic heterocycles. The molecule has 2 heterocycles. The topological polar surface area (TPSA) is 87.8 Å². The Morgan fingerprint density at radius 1 is 1.20 bits per heavy atom. The molecule has 2 aromatic heterocycles. The van der Waals surface area contributed by atoms with Gasteiger partial charge in [-0.15, -0.1) is 11.6 Å². The van der Waals surface area contributed by atoms with Gasteiger partial charge < -0.3 is 24.5 Å². The largest absolute Gasteiger partial charge is 0.452 e. The number of carbonyl (C=O) groups excluding carboxylic acids is 1. The molecule has 1 amide bonds. The quantitative estimate of drug-likeness (QED) is 0.184. The predicted molar refractivity (Wildman–Crippen MR) is 132 cm³/mol. The van der Waals surface area contributed by atoms with Gasteiger partial charge in [0.05, 0.1) is 21.3 Å². The average molecular weight is 545 g/mol. The highest BCUT2D eigenvalue weighted by molar-refractivity contribution is 6.40. The molecule has 35 heavy (non-hydrogen) atoms. The van der Waals surface area contributed by atoms with Gasteiger partial charge in [-0.3, -0.25) is 9.78 Å². The Morgan fingerprint density at radius 3 is 2.60 bits per heavy atom. The average Bonchev–Trinajstić information content (AvgIpc) is 3.21. The second-order valence-electron chi connectivity index (χ2n) is 7.36. The number of halogens is 5. The van der Waals surface area contributed by atoms with E-state index in [1.807, 2.05) is 0 Å². The number of alkyl halides is 3. The summed E-state index contributed by atoms with van der Waals surface area (Å²) in [5, 5.41) is 13.4. The normalized spacial score (nSPS) is 11.4. The maximum atomic E-state index is 13.3. The molecular weight excluding hydrogens is 527 g/mol. The van der Waals surface area contributed by atoms with Gasteiger partial charge in [-0.25, -0.2) is 0 Å². The van der Waals surface area contributed by atoms with Gasteiger partial charge in [0.15, 0.2) is 11.3 Å². The van der Waals surface area contributed by atoms with Crippen LogP contribution in [0.4, 0.5) is 20.2 Å². The number of aromatic nitrogens is 1. The number of ether oxygens (including phenoxy) is 1. The minimum absolute atomic E-state index is 0.0340. The number of fused-ring (bicyclic) bond motifs is 3. The molecule has 0 aliphatic carbocycles. The molecule has 0 spiro atoms. The van der Waals surface area contributed by atoms with Crippen molar-refractivity contribution < 1.29 is 27.8 Å². The molecular formula is C23H18Cl3F2N3O4. The van der Waals surface area contributed by atoms with E-state index in [1.54, 1.807) is 23.1 Å². The molecule has 0 atom stereocenters. The number of furan rings is 1. The van der Waals surface area contributed by atoms with E-state index in [-0.39, 0.29) is 44.7 Å². The Balaban J connectivity index is 1.88. The first-order valence-corrected chi connectivity index (χ1v) is 11.6. The molecule has 0 aliphatic rings. The molecule has 4 aromatic rings. The van der Waals surface area contributed by atoms with Gasteiger partial charge in [-0.1, -0.05) is 23.2 Å². The van der Waals surface area contributed by atoms with E-state index >= 15 is 0 Å². The van der Waals surface area contributed by atoms with Crippen LogP contribution in [0.25, 0.3) is 21.9 Å². The Hall–Kier alpha value is -2.85. The van der Waals surface area contributed by atoms with Gasteiger partial charge in [-0.2, -0.15) is 8.78 Å². The highest BCUT2D eigenvalue weighted by atomic mass is 35.5. The monoisotopic (exact) mass is 543 g/mol. The van der Waals surface area contributed by atoms with Gasteiger partial charge in [-0.05, 0) is 36.8 Å². The molecule has 0 unspecified atom stereocenters. The number of rotatable bonds is 9. The number of anilines is 2. The number of hydrogen-bond donors (Lipinski definition) is 2. The summed E-state index contributed by atoms with van der Waals surface area (Å²) in [4.78, 5) is 18.8. The van der Waals surface area contributed by atoms with Gasteiger partial charge in [0, 0.05) is 41.3 Å². The molecule has 7 nitrogen and oxygen atoms in total. The van der Waals surface area contributed by atoms with Crippen molar-refractivity contribution in [3.05, 3.63) is 58.3 Å². The van der Waals surface area contributed by atoms with Crippen molar-refractivity contribution in [1.29, 1.82) is 0 Å². The minimum atomic E-state index is -3.10. The lowest BCUT2D eigenvalue weighted by Gasteiger charge is -2.21. The zero-order chi connectivity index (χ0) is 25.1. The van der Waals surface area contributed by atoms with E-state index in [0.717, 1.165) is 0 Å². The fraction of sp³-hybridized carbons (Fsp3) is 0.217. The molecule has 0 bridgehead atoms. The number of aliphatic hydroxyl groups is 1. The van der Waals surface area contributed by atoms with E-state index in [4.69, 9.17) is 39.2 Å². The van der Waals surface area contributed by atoms with Crippen LogP contribution in [0.1, 0.15) is 16.8 Å². The molecule has 0 saturated heterocycles. The maximum Gasteiger partial charge on any atom is 0.387 e. The fourth-order valence-electron chi connectivity index (χ4n) is 3.66. The van der Waals surface area contributed by atoms with Crippen LogP contribution in [0.5, 0.6) is 5.75 Å². The Kier molecular flexibility index (Phi) is 7.81. The molecule has 4 rings (SSSR count). The molecule has 0 radical (unpaired) electrons. The third-order valence-corrected chi connectivity index (χ3v) is 6.06. The summed E-state index contributed by atoms with van der Waals surface area (Å²) in [7, 11) is 0. The standard InChI is InChI=1S/C23H18Cl3F2N3O4/c24-6-1-7-31(11-32)12-2-4-17-14(8-12)19-13(3-5-18(21(19)34-17)35-23(27)28)22(33)30-20-15(25)9-29-10-16(20)26/h2-5,8-10,23,32H,1,6-7,11H2,(H,29,30,33). The molecule has 184 valence electrons. The zero-order valence-corrected chi connectivity index (χ0v) is 20.2. The van der Waals surface area contributed by atoms with E-state index in [0.29, 0.717) is 35.5 Å². The number of hydrogen-bond acceptors (Lipinski definition) is 6. The number of benzene rings is 2. The van der Waals surface area contributed by atoms with Crippen LogP contribution in [-0.4, -0.2) is 41.8 Å². The van der Waals surface area contributed by atoms with Crippen LogP contribution in [-0.2, 0) is 0 Å². The first-order valence-electron chi connectivity index (χ1n) is 10.3. The summed E-state index contributed by atoms with van der Waals surface area (Å²) in [6.45, 7) is -2.89. The fourth-order valence-corrected chi connectivity index (χ4v) is 4.24. The van der Waals surface area contributed by atoms with Crippen molar-refractivity contribution in [3.8, 4) is 5.75 Å². The maximum absolute atomic E-state index is 13.3. The predicted octanol–water partition coefficient (Wildman–Crippen LogP) is 6.53. The first kappa shape index (κ1) is 25.2. The SMILES string of the molecule is O=C(Nc1c(Cl)cncc1Cl)c1ccc(OC(F)F)c2oc3ccc(N(CO)CCCCl)cc3c12. The van der Waals surface area contributed by atoms with Crippen molar-refractivity contribution in [3.63, 3.8) is 0 Å². The highest BCUT2D eigenvalue weighted by Crippen LogP contribution is 2.40. The summed E-state index contributed by atoms with van der Waals surface area (Å²) >= 11 is 18.0. The number of nitrogens with zero attached hydrogens (tertiary/aromatic N) is 2. The summed E-state index contributed by atoms with van der Waals surface area (Å²) in [6.07, 6.45) is 3.27. The second-order valence-corrected chi connectivity index (χ2v) is 8.55. The summed E-state index contributed by atoms with van der Waals surface area (Å²) in [5.74, 6) is -0.431. The summed E-state index contributed by atoms with van der Waals surface area (Å²) in [6, 6.07) is 7.60. The van der Waals surface area contributed by atoms with Crippen molar-refractivity contribution in [2.24, 2.45) is 0 Å². The molecule has 2 N–H and O–H groups in total. The van der Waals surface area contributed by atoms with Crippen LogP contribution >= 0.6 is 34.8 Å². The van der Waals surface area contributed by atoms with E-state index < -0.39 is 12.5 Å². The lowest BCUT2D eigenvalue weighted by molar-refractivity contribution is -0.0493. The number of pyridine rings is 1. The Labute approximate surface area is 213 Å². The van der Waals surface area contributed by atoms with Gasteiger partial charge in [0.25, 0.3) is 5.91 Å². The third kappa shape index (κ3) is 5.23. The number of nitrogens with one attached hydrogen (secondary N) is 1. The molecule has 2 aromatic carbocycles. The number of carbonyl (C=O) groups is 1. The summed E-state index contributed by atoms with van der Waals surface area (Å²) < 4.78 is 36.5. The first-order chi connectivity index (χ1) is 16.8. The van der Waals surface area contributed by atoms with E-state index in [2.05, 4.69) is 15.0 Å². The van der Waals surface area contributed by atoms with Crippen LogP contribution in [0.2, 0.25) is 10.0 Å². The Morgan fingerprint density at radius 2 is 1.94 bits per heavy atom. The molecule has 12 heteroatoms. The minimum Gasteiger partial charge on any atom is -0.452 e. The van der Waals surface area contributed by atoms with Crippen LogP contribution in [0.15, 0.2) is 47.1 Å². The highest BCUT2D eigenvalue weighted by Gasteiger charge is 2.23. The second kappa shape index (κ2) is 10.8. The van der Waals surface area contributed by atoms with E-state index in [1.165, 1.54) is 24.5 Å². The van der Waals surface area contributed by atoms with Crippen molar-refractivity contribution in [2.75, 3.05) is 29.4 Å². The third-order valence-electron chi connectivity index (χ3n) is 5.22. The molecule has 0 fully saturated rings. The van der Waals surface area contributed by atoms with Crippen LogP contribution in [0.3, 0.4) is 0 Å². The number of aliphatic hydroxyl groups excluding tert-OH is 1. The molecule has 0 saturated carbocycles. The lowest BCUT2D eigenvalue weighted by atomic mass is 10.0.